The first kappa shape index (κ1) is 29.3. The number of hydrogen-bond donors (Lipinski definition) is 3. The van der Waals surface area contributed by atoms with Crippen LogP contribution in [0, 0.1) is 0 Å². The summed E-state index contributed by atoms with van der Waals surface area (Å²) in [5, 5.41) is 0. The van der Waals surface area contributed by atoms with Crippen LogP contribution in [0.4, 0.5) is 0 Å². The van der Waals surface area contributed by atoms with Crippen molar-refractivity contribution in [1.29, 1.82) is 0 Å². The summed E-state index contributed by atoms with van der Waals surface area (Å²) in [6.45, 7) is 6.39. The minimum atomic E-state index is -4.67. The second-order valence-electron chi connectivity index (χ2n) is 6.23. The Kier molecular flexibility index (Phi) is 27.6. The van der Waals surface area contributed by atoms with Gasteiger partial charge in [0.05, 0.1) is 0 Å². The van der Waals surface area contributed by atoms with E-state index >= 15 is 0 Å². The fraction of sp³-hybridized carbons (Fsp3) is 0.889. The molecule has 0 aromatic carbocycles. The van der Waals surface area contributed by atoms with Crippen molar-refractivity contribution in [2.75, 3.05) is 27.2 Å². The van der Waals surface area contributed by atoms with E-state index in [0.717, 1.165) is 6.54 Å². The fourth-order valence-corrected chi connectivity index (χ4v) is 1.97. The van der Waals surface area contributed by atoms with Gasteiger partial charge < -0.3 is 10.6 Å². The van der Waals surface area contributed by atoms with E-state index in [1.807, 2.05) is 0 Å². The first-order valence-corrected chi connectivity index (χ1v) is 10.7. The highest BCUT2D eigenvalue weighted by molar-refractivity contribution is 7.79. The number of hydrogen-bond acceptors (Lipinski definition) is 4. The molecule has 6 nitrogen and oxygen atoms in total. The summed E-state index contributed by atoms with van der Waals surface area (Å²) in [5.41, 5.74) is 5.39. The molecule has 0 amide bonds. The molecule has 0 radical (unpaired) electrons. The molecule has 154 valence electrons. The van der Waals surface area contributed by atoms with Gasteiger partial charge in [0.1, 0.15) is 0 Å². The predicted octanol–water partition coefficient (Wildman–Crippen LogP) is 4.34. The van der Waals surface area contributed by atoms with Gasteiger partial charge >= 0.3 is 10.4 Å². The van der Waals surface area contributed by atoms with E-state index in [1.165, 1.54) is 70.8 Å². The third-order valence-electron chi connectivity index (χ3n) is 3.27. The van der Waals surface area contributed by atoms with Gasteiger partial charge in [-0.1, -0.05) is 64.0 Å². The predicted molar refractivity (Wildman–Crippen MR) is 108 cm³/mol. The van der Waals surface area contributed by atoms with Crippen molar-refractivity contribution in [2.24, 2.45) is 5.73 Å². The Morgan fingerprint density at radius 2 is 1.36 bits per heavy atom. The second-order valence-corrected chi connectivity index (χ2v) is 7.12. The zero-order valence-electron chi connectivity index (χ0n) is 16.8. The van der Waals surface area contributed by atoms with E-state index in [0.29, 0.717) is 0 Å². The molecule has 0 saturated carbocycles. The summed E-state index contributed by atoms with van der Waals surface area (Å²) in [6, 6.07) is 0. The molecule has 0 heterocycles. The molecule has 0 saturated heterocycles. The van der Waals surface area contributed by atoms with Crippen molar-refractivity contribution in [2.45, 2.75) is 78.1 Å². The van der Waals surface area contributed by atoms with E-state index in [1.54, 1.807) is 0 Å². The highest BCUT2D eigenvalue weighted by Gasteiger charge is 1.89. The molecule has 25 heavy (non-hydrogen) atoms. The molecule has 0 fully saturated rings. The molecule has 0 aromatic heterocycles. The van der Waals surface area contributed by atoms with E-state index in [-0.39, 0.29) is 0 Å². The monoisotopic (exact) mass is 382 g/mol. The van der Waals surface area contributed by atoms with Gasteiger partial charge in [-0.2, -0.15) is 8.42 Å². The smallest absolute Gasteiger partial charge is 0.330 e. The Labute approximate surface area is 156 Å². The Morgan fingerprint density at radius 3 is 1.72 bits per heavy atom. The molecule has 0 unspecified atom stereocenters. The van der Waals surface area contributed by atoms with Crippen LogP contribution in [-0.4, -0.2) is 49.6 Å². The molecule has 7 heteroatoms. The van der Waals surface area contributed by atoms with Crippen LogP contribution in [0.5, 0.6) is 0 Å². The first-order chi connectivity index (χ1) is 11.7. The Hall–Kier alpha value is -0.470. The van der Waals surface area contributed by atoms with Gasteiger partial charge in [0.25, 0.3) is 0 Å². The zero-order chi connectivity index (χ0) is 20.0. The maximum Gasteiger partial charge on any atom is 0.394 e. The van der Waals surface area contributed by atoms with Gasteiger partial charge in [-0.25, -0.2) is 0 Å². The lowest BCUT2D eigenvalue weighted by Gasteiger charge is -2.06. The summed E-state index contributed by atoms with van der Waals surface area (Å²) in [6.07, 6.45) is 17.8. The van der Waals surface area contributed by atoms with Crippen molar-refractivity contribution in [3.05, 3.63) is 12.2 Å². The molecular weight excluding hydrogens is 340 g/mol. The molecule has 0 atom stereocenters. The lowest BCUT2D eigenvalue weighted by atomic mass is 10.1. The van der Waals surface area contributed by atoms with E-state index in [9.17, 15) is 0 Å². The van der Waals surface area contributed by atoms with Crippen LogP contribution in [0.3, 0.4) is 0 Å². The van der Waals surface area contributed by atoms with Gasteiger partial charge in [-0.15, -0.1) is 0 Å². The molecule has 0 aliphatic carbocycles. The number of nitrogens with two attached hydrogens (primary N) is 1. The van der Waals surface area contributed by atoms with Gasteiger partial charge in [-0.3, -0.25) is 9.11 Å². The van der Waals surface area contributed by atoms with Gasteiger partial charge in [0.15, 0.2) is 0 Å². The molecule has 0 aliphatic heterocycles. The minimum absolute atomic E-state index is 0.870. The van der Waals surface area contributed by atoms with Crippen LogP contribution in [-0.2, 0) is 10.4 Å². The SMILES string of the molecule is CC=CCCCN(C)C.CCCCCCCCCCN.O=S(=O)(O)O. The number of allylic oxidation sites excluding steroid dienone is 2. The summed E-state index contributed by atoms with van der Waals surface area (Å²) >= 11 is 0. The van der Waals surface area contributed by atoms with Crippen molar-refractivity contribution in [3.8, 4) is 0 Å². The lowest BCUT2D eigenvalue weighted by molar-refractivity contribution is 0.381. The third kappa shape index (κ3) is 59.6. The normalized spacial score (nSPS) is 11.0. The molecule has 0 spiro atoms. The van der Waals surface area contributed by atoms with E-state index < -0.39 is 10.4 Å². The topological polar surface area (TPSA) is 104 Å². The van der Waals surface area contributed by atoms with Crippen LogP contribution >= 0.6 is 0 Å². The molecule has 4 N–H and O–H groups in total. The molecule has 0 bridgehead atoms. The van der Waals surface area contributed by atoms with Gasteiger partial charge in [0, 0.05) is 0 Å². The summed E-state index contributed by atoms with van der Waals surface area (Å²) in [4.78, 5) is 2.21. The highest BCUT2D eigenvalue weighted by Crippen LogP contribution is 2.07. The molecule has 0 aliphatic rings. The van der Waals surface area contributed by atoms with Crippen molar-refractivity contribution < 1.29 is 17.5 Å². The Morgan fingerprint density at radius 1 is 0.920 bits per heavy atom. The van der Waals surface area contributed by atoms with Gasteiger partial charge in [-0.05, 0) is 53.4 Å². The van der Waals surface area contributed by atoms with Crippen LogP contribution in [0.15, 0.2) is 12.2 Å². The van der Waals surface area contributed by atoms with Crippen molar-refractivity contribution in [3.63, 3.8) is 0 Å². The quantitative estimate of drug-likeness (QED) is 0.263. The highest BCUT2D eigenvalue weighted by atomic mass is 32.3. The number of rotatable bonds is 12. The molecular formula is C18H42N2O4S. The van der Waals surface area contributed by atoms with Crippen molar-refractivity contribution >= 4 is 10.4 Å². The van der Waals surface area contributed by atoms with E-state index in [2.05, 4.69) is 45.0 Å². The largest absolute Gasteiger partial charge is 0.394 e. The maximum absolute atomic E-state index is 8.74. The first-order valence-electron chi connectivity index (χ1n) is 9.34. The summed E-state index contributed by atoms with van der Waals surface area (Å²) in [5.74, 6) is 0. The average Bonchev–Trinajstić information content (AvgIpc) is 2.50. The second kappa shape index (κ2) is 23.5. The van der Waals surface area contributed by atoms with E-state index in [4.69, 9.17) is 23.3 Å². The Balaban J connectivity index is -0.000000311. The molecule has 0 rings (SSSR count). The Bertz CT molecular complexity index is 342. The number of unbranched alkanes of at least 4 members (excludes halogenated alkanes) is 8. The van der Waals surface area contributed by atoms with Crippen molar-refractivity contribution in [1.82, 2.24) is 4.90 Å². The van der Waals surface area contributed by atoms with Crippen LogP contribution in [0.2, 0.25) is 0 Å². The number of nitrogens with zero attached hydrogens (tertiary/aromatic N) is 1. The fourth-order valence-electron chi connectivity index (χ4n) is 1.97. The van der Waals surface area contributed by atoms with Crippen LogP contribution < -0.4 is 5.73 Å². The average molecular weight is 383 g/mol. The third-order valence-corrected chi connectivity index (χ3v) is 3.27. The van der Waals surface area contributed by atoms with Gasteiger partial charge in [0.2, 0.25) is 0 Å². The van der Waals surface area contributed by atoms with Crippen LogP contribution in [0.25, 0.3) is 0 Å². The maximum atomic E-state index is 8.74. The summed E-state index contributed by atoms with van der Waals surface area (Å²) in [7, 11) is -0.453. The minimum Gasteiger partial charge on any atom is -0.330 e. The zero-order valence-corrected chi connectivity index (χ0v) is 17.6. The lowest BCUT2D eigenvalue weighted by Crippen LogP contribution is -2.12. The standard InChI is InChI=1S/C10H23N.C8H17N.H2O4S/c1-2-3-4-5-6-7-8-9-10-11;1-4-5-6-7-8-9(2)3;1-5(2,3)4/h2-11H2,1H3;4-5H,6-8H2,1-3H3;(H2,1,2,3,4). The summed E-state index contributed by atoms with van der Waals surface area (Å²) < 4.78 is 31.6. The van der Waals surface area contributed by atoms with Crippen LogP contribution in [0.1, 0.15) is 78.1 Å². The molecule has 0 aromatic rings.